The summed E-state index contributed by atoms with van der Waals surface area (Å²) in [5.41, 5.74) is 0.908. The number of amides is 1. The molecule has 0 unspecified atom stereocenters. The third-order valence-electron chi connectivity index (χ3n) is 2.75. The zero-order valence-electron chi connectivity index (χ0n) is 10.9. The fraction of sp³-hybridized carbons (Fsp3) is 0.429. The smallest absolute Gasteiger partial charge is 0.254 e. The van der Waals surface area contributed by atoms with E-state index in [0.29, 0.717) is 24.1 Å². The van der Waals surface area contributed by atoms with Crippen molar-refractivity contribution in [3.63, 3.8) is 0 Å². The van der Waals surface area contributed by atoms with Crippen LogP contribution in [0.5, 0.6) is 0 Å². The lowest BCUT2D eigenvalue weighted by Gasteiger charge is -2.26. The van der Waals surface area contributed by atoms with Crippen molar-refractivity contribution in [2.75, 3.05) is 6.54 Å². The van der Waals surface area contributed by atoms with E-state index >= 15 is 0 Å². The van der Waals surface area contributed by atoms with E-state index in [4.69, 9.17) is 5.26 Å². The van der Waals surface area contributed by atoms with Crippen molar-refractivity contribution in [3.8, 4) is 6.07 Å². The SMILES string of the molecule is Cc1cc(C(=O)N(CCC#N)C(C)C)ccc1F. The van der Waals surface area contributed by atoms with Crippen LogP contribution >= 0.6 is 0 Å². The Hall–Kier alpha value is -1.89. The van der Waals surface area contributed by atoms with Gasteiger partial charge >= 0.3 is 0 Å². The lowest BCUT2D eigenvalue weighted by atomic mass is 10.1. The number of carbonyl (C=O) groups excluding carboxylic acids is 1. The van der Waals surface area contributed by atoms with Crippen molar-refractivity contribution in [1.82, 2.24) is 4.90 Å². The van der Waals surface area contributed by atoms with Crippen molar-refractivity contribution in [2.24, 2.45) is 0 Å². The molecule has 4 heteroatoms. The molecule has 0 saturated heterocycles. The molecule has 18 heavy (non-hydrogen) atoms. The third-order valence-corrected chi connectivity index (χ3v) is 2.75. The zero-order chi connectivity index (χ0) is 13.7. The largest absolute Gasteiger partial charge is 0.335 e. The molecular weight excluding hydrogens is 231 g/mol. The second-order valence-corrected chi connectivity index (χ2v) is 4.46. The molecule has 1 rings (SSSR count). The summed E-state index contributed by atoms with van der Waals surface area (Å²) < 4.78 is 13.2. The molecule has 1 aromatic carbocycles. The number of hydrogen-bond acceptors (Lipinski definition) is 2. The molecule has 0 saturated carbocycles. The van der Waals surface area contributed by atoms with Crippen LogP contribution in [-0.2, 0) is 0 Å². The second-order valence-electron chi connectivity index (χ2n) is 4.46. The van der Waals surface area contributed by atoms with Gasteiger partial charge in [0.05, 0.1) is 12.5 Å². The van der Waals surface area contributed by atoms with Gasteiger partial charge in [0.2, 0.25) is 0 Å². The van der Waals surface area contributed by atoms with Crippen molar-refractivity contribution >= 4 is 5.91 Å². The number of benzene rings is 1. The summed E-state index contributed by atoms with van der Waals surface area (Å²) in [5, 5.41) is 8.59. The fourth-order valence-electron chi connectivity index (χ4n) is 1.71. The maximum absolute atomic E-state index is 13.2. The van der Waals surface area contributed by atoms with Crippen LogP contribution < -0.4 is 0 Å². The minimum Gasteiger partial charge on any atom is -0.335 e. The molecule has 0 aliphatic rings. The summed E-state index contributed by atoms with van der Waals surface area (Å²) in [6, 6.07) is 6.35. The van der Waals surface area contributed by atoms with Crippen molar-refractivity contribution in [1.29, 1.82) is 5.26 Å². The zero-order valence-corrected chi connectivity index (χ0v) is 10.9. The molecule has 0 radical (unpaired) electrons. The molecule has 0 fully saturated rings. The summed E-state index contributed by atoms with van der Waals surface area (Å²) in [5.74, 6) is -0.483. The molecule has 3 nitrogen and oxygen atoms in total. The molecule has 1 aromatic rings. The van der Waals surface area contributed by atoms with E-state index in [9.17, 15) is 9.18 Å². The Morgan fingerprint density at radius 1 is 1.50 bits per heavy atom. The van der Waals surface area contributed by atoms with Crippen molar-refractivity contribution < 1.29 is 9.18 Å². The van der Waals surface area contributed by atoms with Crippen LogP contribution in [0.2, 0.25) is 0 Å². The number of rotatable bonds is 4. The number of aryl methyl sites for hydroxylation is 1. The molecule has 0 aliphatic heterocycles. The summed E-state index contributed by atoms with van der Waals surface area (Å²) >= 11 is 0. The molecule has 0 atom stereocenters. The highest BCUT2D eigenvalue weighted by molar-refractivity contribution is 5.94. The van der Waals surface area contributed by atoms with Crippen LogP contribution in [0.3, 0.4) is 0 Å². The lowest BCUT2D eigenvalue weighted by molar-refractivity contribution is 0.0710. The Labute approximate surface area is 107 Å². The van der Waals surface area contributed by atoms with Crippen molar-refractivity contribution in [3.05, 3.63) is 35.1 Å². The summed E-state index contributed by atoms with van der Waals surface area (Å²) in [6.45, 7) is 5.81. The van der Waals surface area contributed by atoms with E-state index in [1.165, 1.54) is 12.1 Å². The van der Waals surface area contributed by atoms with Gasteiger partial charge in [0.1, 0.15) is 5.82 Å². The Morgan fingerprint density at radius 3 is 2.67 bits per heavy atom. The van der Waals surface area contributed by atoms with Crippen molar-refractivity contribution in [2.45, 2.75) is 33.2 Å². The van der Waals surface area contributed by atoms with Gasteiger partial charge in [0, 0.05) is 18.2 Å². The lowest BCUT2D eigenvalue weighted by Crippen LogP contribution is -2.37. The van der Waals surface area contributed by atoms with Gasteiger partial charge in [-0.15, -0.1) is 0 Å². The summed E-state index contributed by atoms with van der Waals surface area (Å²) in [4.78, 5) is 13.9. The minimum absolute atomic E-state index is 0.0104. The predicted molar refractivity (Wildman–Crippen MR) is 67.5 cm³/mol. The predicted octanol–water partition coefficient (Wildman–Crippen LogP) is 2.90. The first-order chi connectivity index (χ1) is 8.47. The van der Waals surface area contributed by atoms with Gasteiger partial charge in [-0.25, -0.2) is 4.39 Å². The second kappa shape index (κ2) is 6.15. The monoisotopic (exact) mass is 248 g/mol. The van der Waals surface area contributed by atoms with Crippen LogP contribution in [0, 0.1) is 24.1 Å². The van der Waals surface area contributed by atoms with Crippen LogP contribution in [0.25, 0.3) is 0 Å². The normalized spacial score (nSPS) is 10.2. The molecule has 96 valence electrons. The molecule has 0 aliphatic carbocycles. The molecular formula is C14H17FN2O. The highest BCUT2D eigenvalue weighted by Crippen LogP contribution is 2.13. The Balaban J connectivity index is 2.95. The first-order valence-electron chi connectivity index (χ1n) is 5.91. The van der Waals surface area contributed by atoms with E-state index in [1.54, 1.807) is 17.9 Å². The number of nitrogens with zero attached hydrogens (tertiary/aromatic N) is 2. The highest BCUT2D eigenvalue weighted by atomic mass is 19.1. The van der Waals surface area contributed by atoms with Gasteiger partial charge in [-0.1, -0.05) is 0 Å². The van der Waals surface area contributed by atoms with Gasteiger partial charge in [0.25, 0.3) is 5.91 Å². The average Bonchev–Trinajstić information content (AvgIpc) is 2.32. The van der Waals surface area contributed by atoms with E-state index in [1.807, 2.05) is 19.9 Å². The first-order valence-corrected chi connectivity index (χ1v) is 5.91. The van der Waals surface area contributed by atoms with Gasteiger partial charge < -0.3 is 4.90 Å². The van der Waals surface area contributed by atoms with Crippen LogP contribution in [0.1, 0.15) is 36.2 Å². The average molecular weight is 248 g/mol. The first kappa shape index (κ1) is 14.2. The summed E-state index contributed by atoms with van der Waals surface area (Å²) in [7, 11) is 0. The maximum atomic E-state index is 13.2. The maximum Gasteiger partial charge on any atom is 0.254 e. The fourth-order valence-corrected chi connectivity index (χ4v) is 1.71. The number of halogens is 1. The number of carbonyl (C=O) groups is 1. The molecule has 0 spiro atoms. The summed E-state index contributed by atoms with van der Waals surface area (Å²) in [6.07, 6.45) is 0.296. The van der Waals surface area contributed by atoms with Crippen LogP contribution in [-0.4, -0.2) is 23.4 Å². The molecule has 1 amide bonds. The molecule has 0 aromatic heterocycles. The molecule has 0 bridgehead atoms. The Bertz CT molecular complexity index is 477. The molecule has 0 heterocycles. The van der Waals surface area contributed by atoms with Gasteiger partial charge in [-0.3, -0.25) is 4.79 Å². The Kier molecular flexibility index (Phi) is 4.85. The van der Waals surface area contributed by atoms with Gasteiger partial charge in [-0.2, -0.15) is 5.26 Å². The number of nitriles is 1. The van der Waals surface area contributed by atoms with Crippen LogP contribution in [0.4, 0.5) is 4.39 Å². The van der Waals surface area contributed by atoms with Gasteiger partial charge in [-0.05, 0) is 44.5 Å². The standard InChI is InChI=1S/C14H17FN2O/c1-10(2)17(8-4-7-16)14(18)12-5-6-13(15)11(3)9-12/h5-6,9-10H,4,8H2,1-3H3. The topological polar surface area (TPSA) is 44.1 Å². The van der Waals surface area contributed by atoms with E-state index in [-0.39, 0.29) is 17.8 Å². The van der Waals surface area contributed by atoms with E-state index in [2.05, 4.69) is 0 Å². The quantitative estimate of drug-likeness (QED) is 0.822. The molecule has 0 N–H and O–H groups in total. The van der Waals surface area contributed by atoms with Gasteiger partial charge in [0.15, 0.2) is 0 Å². The minimum atomic E-state index is -0.320. The third kappa shape index (κ3) is 3.30. The Morgan fingerprint density at radius 2 is 2.17 bits per heavy atom. The van der Waals surface area contributed by atoms with Crippen LogP contribution in [0.15, 0.2) is 18.2 Å². The number of hydrogen-bond donors (Lipinski definition) is 0. The highest BCUT2D eigenvalue weighted by Gasteiger charge is 2.18. The van der Waals surface area contributed by atoms with E-state index < -0.39 is 0 Å². The van der Waals surface area contributed by atoms with E-state index in [0.717, 1.165) is 0 Å².